The van der Waals surface area contributed by atoms with Crippen molar-refractivity contribution in [1.82, 2.24) is 20.9 Å². The number of carbonyl (C=O) groups is 1. The molecule has 0 saturated heterocycles. The van der Waals surface area contributed by atoms with Crippen molar-refractivity contribution in [3.05, 3.63) is 51.7 Å². The highest BCUT2D eigenvalue weighted by Gasteiger charge is 2.19. The summed E-state index contributed by atoms with van der Waals surface area (Å²) < 4.78 is 5.75. The zero-order valence-electron chi connectivity index (χ0n) is 17.5. The molecule has 0 aliphatic carbocycles. The number of carbonyl (C=O) groups excluding carboxylic acids is 1. The van der Waals surface area contributed by atoms with Gasteiger partial charge in [0.25, 0.3) is 5.91 Å². The van der Waals surface area contributed by atoms with Crippen LogP contribution in [-0.2, 0) is 12.0 Å². The summed E-state index contributed by atoms with van der Waals surface area (Å²) in [5.74, 6) is 1.78. The molecule has 0 bridgehead atoms. The number of benzene rings is 1. The van der Waals surface area contributed by atoms with Crippen LogP contribution in [0.4, 0.5) is 0 Å². The molecule has 0 spiro atoms. The third-order valence-corrected chi connectivity index (χ3v) is 4.63. The van der Waals surface area contributed by atoms with Gasteiger partial charge in [0.15, 0.2) is 5.96 Å². The number of rotatable bonds is 7. The average molecular weight is 568 g/mol. The van der Waals surface area contributed by atoms with Gasteiger partial charge in [-0.3, -0.25) is 4.79 Å². The number of nitrogens with zero attached hydrogens (tertiary/aromatic N) is 2. The van der Waals surface area contributed by atoms with Crippen molar-refractivity contribution in [3.63, 3.8) is 0 Å². The van der Waals surface area contributed by atoms with Gasteiger partial charge in [-0.1, -0.05) is 44.0 Å². The van der Waals surface area contributed by atoms with Crippen LogP contribution in [0.2, 0.25) is 10.0 Å². The van der Waals surface area contributed by atoms with Crippen LogP contribution in [-0.4, -0.2) is 36.5 Å². The van der Waals surface area contributed by atoms with Crippen LogP contribution in [0.5, 0.6) is 0 Å². The normalized spacial score (nSPS) is 11.6. The maximum Gasteiger partial charge on any atom is 0.251 e. The van der Waals surface area contributed by atoms with Gasteiger partial charge in [-0.15, -0.1) is 24.0 Å². The van der Waals surface area contributed by atoms with E-state index in [0.717, 1.165) is 5.76 Å². The van der Waals surface area contributed by atoms with E-state index in [0.29, 0.717) is 53.6 Å². The zero-order valence-corrected chi connectivity index (χ0v) is 21.4. The maximum absolute atomic E-state index is 12.2. The van der Waals surface area contributed by atoms with Crippen molar-refractivity contribution in [2.75, 3.05) is 19.6 Å². The molecule has 0 aliphatic rings. The lowest BCUT2D eigenvalue weighted by Gasteiger charge is -2.13. The van der Waals surface area contributed by atoms with E-state index in [9.17, 15) is 4.79 Å². The van der Waals surface area contributed by atoms with Crippen LogP contribution >= 0.6 is 47.2 Å². The Kier molecular flexibility index (Phi) is 10.9. The highest BCUT2D eigenvalue weighted by atomic mass is 127. The van der Waals surface area contributed by atoms with Gasteiger partial charge in [0.05, 0.1) is 16.2 Å². The van der Waals surface area contributed by atoms with Gasteiger partial charge in [0.2, 0.25) is 5.89 Å². The Morgan fingerprint density at radius 3 is 2.43 bits per heavy atom. The van der Waals surface area contributed by atoms with Crippen molar-refractivity contribution in [2.45, 2.75) is 39.7 Å². The fourth-order valence-corrected chi connectivity index (χ4v) is 2.61. The Balaban J connectivity index is 0.00000450. The third-order valence-electron chi connectivity index (χ3n) is 3.89. The Bertz CT molecular complexity index is 865. The molecule has 0 atom stereocenters. The first kappa shape index (κ1) is 26.5. The average Bonchev–Trinajstić information content (AvgIpc) is 3.14. The first-order valence-corrected chi connectivity index (χ1v) is 10.2. The quantitative estimate of drug-likeness (QED) is 0.200. The lowest BCUT2D eigenvalue weighted by Crippen LogP contribution is -2.41. The second-order valence-electron chi connectivity index (χ2n) is 7.37. The number of hydrogen-bond acceptors (Lipinski definition) is 4. The molecular weight excluding hydrogens is 540 g/mol. The Hall–Kier alpha value is -1.52. The summed E-state index contributed by atoms with van der Waals surface area (Å²) in [6.45, 7) is 10.1. The molecule has 3 N–H and O–H groups in total. The van der Waals surface area contributed by atoms with Crippen LogP contribution in [0.25, 0.3) is 0 Å². The van der Waals surface area contributed by atoms with E-state index < -0.39 is 0 Å². The summed E-state index contributed by atoms with van der Waals surface area (Å²) in [4.78, 5) is 20.9. The van der Waals surface area contributed by atoms with Gasteiger partial charge in [0.1, 0.15) is 12.3 Å². The van der Waals surface area contributed by atoms with Gasteiger partial charge in [-0.25, -0.2) is 9.98 Å². The smallest absolute Gasteiger partial charge is 0.251 e. The Morgan fingerprint density at radius 1 is 1.13 bits per heavy atom. The summed E-state index contributed by atoms with van der Waals surface area (Å²) in [6, 6.07) is 4.77. The summed E-state index contributed by atoms with van der Waals surface area (Å²) >= 11 is 11.8. The molecule has 10 heteroatoms. The number of nitrogens with one attached hydrogen (secondary N) is 3. The molecule has 166 valence electrons. The molecule has 0 saturated carbocycles. The molecule has 30 heavy (non-hydrogen) atoms. The van der Waals surface area contributed by atoms with Crippen LogP contribution in [0, 0.1) is 0 Å². The number of oxazole rings is 1. The lowest BCUT2D eigenvalue weighted by molar-refractivity contribution is 0.0954. The van der Waals surface area contributed by atoms with E-state index in [1.807, 2.05) is 6.92 Å². The standard InChI is InChI=1S/C20H27Cl2N5O2.HI/c1-5-23-19(27-12-17-26-11-16(29-17)20(2,3)4)25-9-8-24-18(28)13-6-7-14(21)15(22)10-13;/h6-7,10-11H,5,8-9,12H2,1-4H3,(H,24,28)(H2,23,25,27);1H. The highest BCUT2D eigenvalue weighted by Crippen LogP contribution is 2.23. The molecule has 0 unspecified atom stereocenters. The van der Waals surface area contributed by atoms with Crippen molar-refractivity contribution in [2.24, 2.45) is 4.99 Å². The topological polar surface area (TPSA) is 91.6 Å². The van der Waals surface area contributed by atoms with E-state index in [2.05, 4.69) is 46.7 Å². The van der Waals surface area contributed by atoms with E-state index in [4.69, 9.17) is 27.6 Å². The van der Waals surface area contributed by atoms with Gasteiger partial charge in [-0.2, -0.15) is 0 Å². The number of hydrogen-bond donors (Lipinski definition) is 3. The largest absolute Gasteiger partial charge is 0.443 e. The second kappa shape index (κ2) is 12.4. The fourth-order valence-electron chi connectivity index (χ4n) is 2.31. The highest BCUT2D eigenvalue weighted by molar-refractivity contribution is 14.0. The van der Waals surface area contributed by atoms with Crippen molar-refractivity contribution in [1.29, 1.82) is 0 Å². The number of aliphatic imine (C=N–C) groups is 1. The fraction of sp³-hybridized carbons (Fsp3) is 0.450. The summed E-state index contributed by atoms with van der Waals surface area (Å²) in [5, 5.41) is 9.89. The number of guanidine groups is 1. The van der Waals surface area contributed by atoms with E-state index in [1.54, 1.807) is 24.4 Å². The molecule has 7 nitrogen and oxygen atoms in total. The molecule has 1 amide bonds. The minimum absolute atomic E-state index is 0. The molecule has 0 radical (unpaired) electrons. The van der Waals surface area contributed by atoms with Gasteiger partial charge in [-0.05, 0) is 25.1 Å². The van der Waals surface area contributed by atoms with Crippen molar-refractivity contribution in [3.8, 4) is 0 Å². The summed E-state index contributed by atoms with van der Waals surface area (Å²) in [5.41, 5.74) is 0.364. The third kappa shape index (κ3) is 8.31. The number of amides is 1. The SMILES string of the molecule is CCNC(=NCc1ncc(C(C)(C)C)o1)NCCNC(=O)c1ccc(Cl)c(Cl)c1.I. The zero-order chi connectivity index (χ0) is 21.4. The second-order valence-corrected chi connectivity index (χ2v) is 8.19. The van der Waals surface area contributed by atoms with Gasteiger partial charge < -0.3 is 20.4 Å². The summed E-state index contributed by atoms with van der Waals surface area (Å²) in [6.07, 6.45) is 1.74. The minimum atomic E-state index is -0.221. The molecule has 2 rings (SSSR count). The van der Waals surface area contributed by atoms with Crippen LogP contribution < -0.4 is 16.0 Å². The molecule has 1 heterocycles. The maximum atomic E-state index is 12.2. The Morgan fingerprint density at radius 2 is 1.83 bits per heavy atom. The first-order chi connectivity index (χ1) is 13.7. The van der Waals surface area contributed by atoms with Crippen molar-refractivity contribution >= 4 is 59.0 Å². The monoisotopic (exact) mass is 567 g/mol. The molecule has 0 aliphatic heterocycles. The molecule has 0 fully saturated rings. The Labute approximate surface area is 204 Å². The molecular formula is C20H28Cl2IN5O2. The van der Waals surface area contributed by atoms with Crippen LogP contribution in [0.15, 0.2) is 33.8 Å². The predicted molar refractivity (Wildman–Crippen MR) is 132 cm³/mol. The lowest BCUT2D eigenvalue weighted by atomic mass is 9.94. The van der Waals surface area contributed by atoms with Gasteiger partial charge in [0, 0.05) is 30.6 Å². The van der Waals surface area contributed by atoms with Crippen LogP contribution in [0.3, 0.4) is 0 Å². The molecule has 1 aromatic heterocycles. The van der Waals surface area contributed by atoms with E-state index in [1.165, 1.54) is 0 Å². The predicted octanol–water partition coefficient (Wildman–Crippen LogP) is 4.38. The first-order valence-electron chi connectivity index (χ1n) is 9.41. The molecule has 2 aromatic rings. The molecule has 1 aromatic carbocycles. The number of aromatic nitrogens is 1. The van der Waals surface area contributed by atoms with E-state index >= 15 is 0 Å². The number of halogens is 3. The minimum Gasteiger partial charge on any atom is -0.443 e. The van der Waals surface area contributed by atoms with Crippen LogP contribution in [0.1, 0.15) is 49.7 Å². The van der Waals surface area contributed by atoms with Crippen molar-refractivity contribution < 1.29 is 9.21 Å². The van der Waals surface area contributed by atoms with Gasteiger partial charge >= 0.3 is 0 Å². The summed E-state index contributed by atoms with van der Waals surface area (Å²) in [7, 11) is 0. The van der Waals surface area contributed by atoms with E-state index in [-0.39, 0.29) is 35.3 Å².